The predicted molar refractivity (Wildman–Crippen MR) is 45.8 cm³/mol. The lowest BCUT2D eigenvalue weighted by Gasteiger charge is -1.99. The summed E-state index contributed by atoms with van der Waals surface area (Å²) in [5, 5.41) is 0. The van der Waals surface area contributed by atoms with E-state index in [1.54, 1.807) is 0 Å². The zero-order valence-corrected chi connectivity index (χ0v) is 6.46. The van der Waals surface area contributed by atoms with E-state index < -0.39 is 0 Å². The standard InChI is InChI=1S/C10H14/c1-2-7-10-8-5-3-4-6-9-10/h2-3,5-7,9-10H,4,8H2,1H3. The first-order valence-corrected chi connectivity index (χ1v) is 3.88. The van der Waals surface area contributed by atoms with E-state index in [1.807, 2.05) is 0 Å². The Labute approximate surface area is 62.9 Å². The molecule has 0 aromatic rings. The highest BCUT2D eigenvalue weighted by atomic mass is 14.0. The summed E-state index contributed by atoms with van der Waals surface area (Å²) >= 11 is 0. The minimum Gasteiger partial charge on any atom is -0.0911 e. The first-order chi connectivity index (χ1) is 4.93. The topological polar surface area (TPSA) is 0 Å². The van der Waals surface area contributed by atoms with Crippen molar-refractivity contribution in [3.63, 3.8) is 0 Å². The maximum Gasteiger partial charge on any atom is -0.00190 e. The predicted octanol–water partition coefficient (Wildman–Crippen LogP) is 3.08. The summed E-state index contributed by atoms with van der Waals surface area (Å²) < 4.78 is 0. The molecule has 0 fully saturated rings. The molecular weight excluding hydrogens is 120 g/mol. The maximum atomic E-state index is 2.28. The molecule has 1 aliphatic rings. The molecule has 1 rings (SSSR count). The fraction of sp³-hybridized carbons (Fsp3) is 0.400. The van der Waals surface area contributed by atoms with E-state index in [9.17, 15) is 0 Å². The van der Waals surface area contributed by atoms with Crippen LogP contribution in [0.25, 0.3) is 0 Å². The fourth-order valence-corrected chi connectivity index (χ4v) is 1.15. The van der Waals surface area contributed by atoms with Crippen LogP contribution in [0, 0.1) is 5.92 Å². The van der Waals surface area contributed by atoms with Crippen molar-refractivity contribution in [3.8, 4) is 0 Å². The minimum atomic E-state index is 0.642. The van der Waals surface area contributed by atoms with E-state index in [0.29, 0.717) is 5.92 Å². The summed E-state index contributed by atoms with van der Waals surface area (Å²) in [6.45, 7) is 2.07. The van der Waals surface area contributed by atoms with Crippen molar-refractivity contribution in [1.29, 1.82) is 0 Å². The third-order valence-corrected chi connectivity index (χ3v) is 1.67. The number of allylic oxidation sites excluding steroid dienone is 6. The molecule has 0 bridgehead atoms. The average Bonchev–Trinajstić information content (AvgIpc) is 2.17. The van der Waals surface area contributed by atoms with Crippen molar-refractivity contribution >= 4 is 0 Å². The van der Waals surface area contributed by atoms with Crippen molar-refractivity contribution in [2.24, 2.45) is 5.92 Å². The molecule has 0 spiro atoms. The molecule has 0 amide bonds. The number of hydrogen-bond acceptors (Lipinski definition) is 0. The van der Waals surface area contributed by atoms with Gasteiger partial charge in [-0.25, -0.2) is 0 Å². The molecule has 0 radical (unpaired) electrons. The van der Waals surface area contributed by atoms with Gasteiger partial charge in [-0.15, -0.1) is 0 Å². The molecule has 0 saturated heterocycles. The number of hydrogen-bond donors (Lipinski definition) is 0. The second kappa shape index (κ2) is 4.10. The van der Waals surface area contributed by atoms with Crippen LogP contribution in [-0.2, 0) is 0 Å². The van der Waals surface area contributed by atoms with Gasteiger partial charge in [0.15, 0.2) is 0 Å². The van der Waals surface area contributed by atoms with E-state index in [1.165, 1.54) is 6.42 Å². The average molecular weight is 134 g/mol. The molecule has 1 aliphatic carbocycles. The summed E-state index contributed by atoms with van der Waals surface area (Å²) in [5.74, 6) is 0.642. The van der Waals surface area contributed by atoms with Crippen LogP contribution >= 0.6 is 0 Å². The van der Waals surface area contributed by atoms with Crippen molar-refractivity contribution in [2.45, 2.75) is 19.8 Å². The molecule has 10 heavy (non-hydrogen) atoms. The highest BCUT2D eigenvalue weighted by Gasteiger charge is 1.97. The van der Waals surface area contributed by atoms with Crippen molar-refractivity contribution in [3.05, 3.63) is 36.5 Å². The largest absolute Gasteiger partial charge is 0.0911 e. The SMILES string of the molecule is CC=CC1C=CCC=CC1. The monoisotopic (exact) mass is 134 g/mol. The first kappa shape index (κ1) is 7.33. The Hall–Kier alpha value is -0.780. The van der Waals surface area contributed by atoms with Gasteiger partial charge >= 0.3 is 0 Å². The summed E-state index contributed by atoms with van der Waals surface area (Å²) in [4.78, 5) is 0. The molecule has 1 atom stereocenters. The Kier molecular flexibility index (Phi) is 3.01. The van der Waals surface area contributed by atoms with Gasteiger partial charge in [-0.2, -0.15) is 0 Å². The van der Waals surface area contributed by atoms with Gasteiger partial charge in [0.2, 0.25) is 0 Å². The Morgan fingerprint density at radius 3 is 3.00 bits per heavy atom. The quantitative estimate of drug-likeness (QED) is 0.483. The minimum absolute atomic E-state index is 0.642. The van der Waals surface area contributed by atoms with Crippen molar-refractivity contribution in [2.75, 3.05) is 0 Å². The Morgan fingerprint density at radius 1 is 1.30 bits per heavy atom. The normalized spacial score (nSPS) is 25.5. The van der Waals surface area contributed by atoms with Crippen LogP contribution in [0.5, 0.6) is 0 Å². The van der Waals surface area contributed by atoms with Crippen LogP contribution in [0.15, 0.2) is 36.5 Å². The lowest BCUT2D eigenvalue weighted by atomic mass is 10.1. The molecule has 0 heteroatoms. The van der Waals surface area contributed by atoms with E-state index in [4.69, 9.17) is 0 Å². The molecule has 54 valence electrons. The Morgan fingerprint density at radius 2 is 2.20 bits per heavy atom. The van der Waals surface area contributed by atoms with Crippen molar-refractivity contribution < 1.29 is 0 Å². The van der Waals surface area contributed by atoms with Gasteiger partial charge in [-0.05, 0) is 25.7 Å². The van der Waals surface area contributed by atoms with Gasteiger partial charge in [0.25, 0.3) is 0 Å². The summed E-state index contributed by atoms with van der Waals surface area (Å²) in [6.07, 6.45) is 15.6. The van der Waals surface area contributed by atoms with Gasteiger partial charge in [0.05, 0.1) is 0 Å². The van der Waals surface area contributed by atoms with Crippen LogP contribution in [-0.4, -0.2) is 0 Å². The second-order valence-corrected chi connectivity index (χ2v) is 2.56. The van der Waals surface area contributed by atoms with Crippen LogP contribution in [0.2, 0.25) is 0 Å². The Balaban J connectivity index is 2.51. The van der Waals surface area contributed by atoms with Gasteiger partial charge in [-0.3, -0.25) is 0 Å². The highest BCUT2D eigenvalue weighted by molar-refractivity contribution is 5.08. The zero-order chi connectivity index (χ0) is 7.23. The lowest BCUT2D eigenvalue weighted by molar-refractivity contribution is 0.834. The molecule has 0 aliphatic heterocycles. The summed E-state index contributed by atoms with van der Waals surface area (Å²) in [5.41, 5.74) is 0. The van der Waals surface area contributed by atoms with E-state index in [-0.39, 0.29) is 0 Å². The molecule has 1 unspecified atom stereocenters. The highest BCUT2D eigenvalue weighted by Crippen LogP contribution is 2.12. The number of rotatable bonds is 1. The molecule has 0 nitrogen and oxygen atoms in total. The summed E-state index contributed by atoms with van der Waals surface area (Å²) in [7, 11) is 0. The fourth-order valence-electron chi connectivity index (χ4n) is 1.15. The van der Waals surface area contributed by atoms with E-state index in [2.05, 4.69) is 43.4 Å². The molecular formula is C10H14. The van der Waals surface area contributed by atoms with Gasteiger partial charge < -0.3 is 0 Å². The van der Waals surface area contributed by atoms with Gasteiger partial charge in [0.1, 0.15) is 0 Å². The second-order valence-electron chi connectivity index (χ2n) is 2.56. The van der Waals surface area contributed by atoms with Crippen molar-refractivity contribution in [1.82, 2.24) is 0 Å². The molecule has 0 aromatic heterocycles. The van der Waals surface area contributed by atoms with Gasteiger partial charge in [0, 0.05) is 0 Å². The van der Waals surface area contributed by atoms with E-state index in [0.717, 1.165) is 6.42 Å². The van der Waals surface area contributed by atoms with Crippen LogP contribution in [0.3, 0.4) is 0 Å². The Bertz CT molecular complexity index is 161. The first-order valence-electron chi connectivity index (χ1n) is 3.88. The lowest BCUT2D eigenvalue weighted by Crippen LogP contribution is -1.86. The molecule has 0 saturated carbocycles. The van der Waals surface area contributed by atoms with E-state index >= 15 is 0 Å². The maximum absolute atomic E-state index is 2.28. The van der Waals surface area contributed by atoms with Gasteiger partial charge in [-0.1, -0.05) is 36.5 Å². The van der Waals surface area contributed by atoms with Crippen LogP contribution in [0.1, 0.15) is 19.8 Å². The molecule has 0 N–H and O–H groups in total. The van der Waals surface area contributed by atoms with Crippen LogP contribution < -0.4 is 0 Å². The zero-order valence-electron chi connectivity index (χ0n) is 6.46. The smallest absolute Gasteiger partial charge is 0.00190 e. The molecule has 0 heterocycles. The summed E-state index contributed by atoms with van der Waals surface area (Å²) in [6, 6.07) is 0. The third-order valence-electron chi connectivity index (χ3n) is 1.67. The third kappa shape index (κ3) is 2.22. The molecule has 0 aromatic carbocycles. The van der Waals surface area contributed by atoms with Crippen LogP contribution in [0.4, 0.5) is 0 Å².